The summed E-state index contributed by atoms with van der Waals surface area (Å²) in [7, 11) is 11.0. The molecule has 8 heterocycles. The highest BCUT2D eigenvalue weighted by Gasteiger charge is 2.79. The second kappa shape index (κ2) is 37.4. The van der Waals surface area contributed by atoms with E-state index in [0.29, 0.717) is 76.0 Å². The molecule has 2 saturated heterocycles. The third-order valence-electron chi connectivity index (χ3n) is 25.9. The van der Waals surface area contributed by atoms with Crippen LogP contribution in [0.3, 0.4) is 0 Å². The van der Waals surface area contributed by atoms with Gasteiger partial charge < -0.3 is 89.3 Å². The highest BCUT2D eigenvalue weighted by molar-refractivity contribution is 9.11. The Bertz CT molecular complexity index is 4570. The Morgan fingerprint density at radius 2 is 0.709 bits per heavy atom. The van der Waals surface area contributed by atoms with Gasteiger partial charge in [0, 0.05) is 177 Å². The molecule has 5 aliphatic heterocycles. The van der Waals surface area contributed by atoms with Gasteiger partial charge in [0.05, 0.1) is 75.2 Å². The van der Waals surface area contributed by atoms with E-state index in [1.54, 1.807) is 58.5 Å². The Morgan fingerprint density at radius 1 is 0.436 bits per heavy atom. The number of ether oxygens (including phenoxy) is 6. The third kappa shape index (κ3) is 15.3. The average molecular weight is 1850 g/mol. The van der Waals surface area contributed by atoms with E-state index in [0.717, 1.165) is 112 Å². The number of benzene rings is 6. The number of nitrogens with two attached hydrogens (primary N) is 1. The number of rotatable bonds is 21. The standard InChI is InChI=1S/2C30H34BrN3O4.C25H25BrN2O4.C5H11Cl2N.ClH/c2*1-33-12-14-34(15-13-33)18-24-23(19-35)27(20-6-4-3-5-7-20)30(21-8-10-22(31)11-9-21)29(24,36)28-25(37-2)16-32-17-26(28)38-30;1-31-20-12-28-13-21-23(20)24(30)19(11-27)18(14-29)22(15-5-3-2-4-6-15)25(24,32-21)16-7-9-17(26)10-8-16;1-8(4-2-6)5-3-7;/h2*3-11,16-17,23-24,27,35-36H,12-15,18-19H2,1-2H3;2-10,12-13,18-19,22,29-30H,11,14,27H2,1H3;2-5H2,1H3;1H/t2*23-,24-,27+,29+,30-;18-,19-,22+,24+,25-;;/m000../s1. The summed E-state index contributed by atoms with van der Waals surface area (Å²) in [5.74, 6) is 1.27. The molecule has 9 aromatic rings. The van der Waals surface area contributed by atoms with Crippen molar-refractivity contribution in [3.8, 4) is 34.5 Å². The van der Waals surface area contributed by atoms with E-state index < -0.39 is 39.5 Å². The molecular formula is C90H105Br3Cl3N9O12. The van der Waals surface area contributed by atoms with Gasteiger partial charge in [-0.25, -0.2) is 0 Å². The van der Waals surface area contributed by atoms with Crippen LogP contribution in [0.5, 0.6) is 34.5 Å². The predicted octanol–water partition coefficient (Wildman–Crippen LogP) is 12.3. The van der Waals surface area contributed by atoms with E-state index in [-0.39, 0.29) is 86.1 Å². The van der Waals surface area contributed by atoms with E-state index in [4.69, 9.17) is 57.4 Å². The van der Waals surface area contributed by atoms with Crippen LogP contribution in [0, 0.1) is 35.5 Å². The normalized spacial score (nSPS) is 29.2. The number of aliphatic hydroxyl groups is 6. The molecule has 8 N–H and O–H groups in total. The predicted molar refractivity (Wildman–Crippen MR) is 466 cm³/mol. The molecule has 0 radical (unpaired) electrons. The fourth-order valence-electron chi connectivity index (χ4n) is 20.7. The zero-order chi connectivity index (χ0) is 81.9. The summed E-state index contributed by atoms with van der Waals surface area (Å²) >= 11 is 21.5. The third-order valence-corrected chi connectivity index (χ3v) is 27.8. The van der Waals surface area contributed by atoms with Crippen LogP contribution < -0.4 is 34.2 Å². The summed E-state index contributed by atoms with van der Waals surface area (Å²) in [6.45, 7) is 10.5. The molecule has 3 aromatic heterocycles. The summed E-state index contributed by atoms with van der Waals surface area (Å²) < 4.78 is 40.7. The van der Waals surface area contributed by atoms with Crippen LogP contribution >= 0.6 is 83.4 Å². The minimum Gasteiger partial charge on any atom is -0.495 e. The second-order valence-corrected chi connectivity index (χ2v) is 35.1. The Labute approximate surface area is 727 Å². The summed E-state index contributed by atoms with van der Waals surface area (Å²) in [5, 5.41) is 72.1. The van der Waals surface area contributed by atoms with Crippen molar-refractivity contribution >= 4 is 83.4 Å². The number of aliphatic hydroxyl groups excluding tert-OH is 3. The first-order valence-electron chi connectivity index (χ1n) is 39.6. The van der Waals surface area contributed by atoms with Gasteiger partial charge in [-0.15, -0.1) is 35.6 Å². The molecule has 3 aliphatic carbocycles. The van der Waals surface area contributed by atoms with Gasteiger partial charge in [0.2, 0.25) is 0 Å². The topological polar surface area (TPSA) is 258 Å². The fraction of sp³-hybridized carbons (Fsp3) is 0.433. The average Bonchev–Trinajstić information content (AvgIpc) is 1.51. The number of methoxy groups -OCH3 is 3. The molecule has 0 bridgehead atoms. The minimum atomic E-state index is -1.55. The maximum atomic E-state index is 13.4. The number of alkyl halides is 2. The number of nitrogens with zero attached hydrogens (tertiary/aromatic N) is 8. The number of fused-ring (bicyclic) bond motifs is 9. The second-order valence-electron chi connectivity index (χ2n) is 31.6. The summed E-state index contributed by atoms with van der Waals surface area (Å²) in [6.07, 6.45) is 9.84. The molecular weight excluding hydrogens is 1750 g/mol. The number of aromatic nitrogens is 3. The Kier molecular flexibility index (Phi) is 28.2. The number of likely N-dealkylation sites (N-methyl/N-ethyl adjacent to an activating group) is 2. The summed E-state index contributed by atoms with van der Waals surface area (Å²) in [6, 6.07) is 54.0. The molecule has 17 rings (SSSR count). The van der Waals surface area contributed by atoms with Crippen LogP contribution in [0.25, 0.3) is 0 Å². The first kappa shape index (κ1) is 88.2. The number of piperazine rings is 2. The maximum Gasteiger partial charge on any atom is 0.174 e. The van der Waals surface area contributed by atoms with Gasteiger partial charge in [-0.2, -0.15) is 0 Å². The van der Waals surface area contributed by atoms with Crippen molar-refractivity contribution in [2.75, 3.05) is 159 Å². The zero-order valence-corrected chi connectivity index (χ0v) is 73.6. The van der Waals surface area contributed by atoms with E-state index >= 15 is 0 Å². The van der Waals surface area contributed by atoms with Gasteiger partial charge >= 0.3 is 0 Å². The quantitative estimate of drug-likeness (QED) is 0.0330. The molecule has 3 saturated carbocycles. The van der Waals surface area contributed by atoms with Crippen molar-refractivity contribution < 1.29 is 59.1 Å². The van der Waals surface area contributed by atoms with Gasteiger partial charge in [-0.1, -0.05) is 175 Å². The van der Waals surface area contributed by atoms with Gasteiger partial charge in [-0.3, -0.25) is 15.0 Å². The molecule has 21 nitrogen and oxygen atoms in total. The molecule has 8 aliphatic rings. The van der Waals surface area contributed by atoms with Gasteiger partial charge in [0.1, 0.15) is 51.3 Å². The lowest BCUT2D eigenvalue weighted by Gasteiger charge is -2.43. The van der Waals surface area contributed by atoms with Crippen molar-refractivity contribution in [2.45, 2.75) is 51.4 Å². The van der Waals surface area contributed by atoms with Crippen molar-refractivity contribution in [2.24, 2.45) is 41.2 Å². The van der Waals surface area contributed by atoms with Crippen molar-refractivity contribution in [1.29, 1.82) is 0 Å². The van der Waals surface area contributed by atoms with Crippen LogP contribution in [0.15, 0.2) is 214 Å². The highest BCUT2D eigenvalue weighted by Crippen LogP contribution is 2.75. The molecule has 0 unspecified atom stereocenters. The molecule has 0 amide bonds. The van der Waals surface area contributed by atoms with Crippen LogP contribution in [0.2, 0.25) is 0 Å². The smallest absolute Gasteiger partial charge is 0.174 e. The lowest BCUT2D eigenvalue weighted by molar-refractivity contribution is -0.133. The van der Waals surface area contributed by atoms with Gasteiger partial charge in [-0.05, 0) is 97.5 Å². The first-order valence-corrected chi connectivity index (χ1v) is 43.1. The Hall–Kier alpha value is -6.60. The number of hydrogen-bond acceptors (Lipinski definition) is 21. The van der Waals surface area contributed by atoms with Crippen molar-refractivity contribution in [3.05, 3.63) is 264 Å². The van der Waals surface area contributed by atoms with Crippen LogP contribution in [0.4, 0.5) is 0 Å². The van der Waals surface area contributed by atoms with E-state index in [1.165, 1.54) is 0 Å². The van der Waals surface area contributed by atoms with Crippen molar-refractivity contribution in [1.82, 2.24) is 39.5 Å². The molecule has 15 atom stereocenters. The van der Waals surface area contributed by atoms with E-state index in [1.807, 2.05) is 147 Å². The number of hydrogen-bond donors (Lipinski definition) is 7. The lowest BCUT2D eigenvalue weighted by atomic mass is 9.70. The van der Waals surface area contributed by atoms with Crippen LogP contribution in [0.1, 0.15) is 67.8 Å². The van der Waals surface area contributed by atoms with E-state index in [9.17, 15) is 30.6 Å². The number of halogens is 6. The molecule has 117 heavy (non-hydrogen) atoms. The zero-order valence-electron chi connectivity index (χ0n) is 66.6. The molecule has 0 spiro atoms. The first-order chi connectivity index (χ1) is 56.2. The summed E-state index contributed by atoms with van der Waals surface area (Å²) in [4.78, 5) is 24.6. The molecule has 5 fully saturated rings. The number of pyridine rings is 3. The van der Waals surface area contributed by atoms with E-state index in [2.05, 4.69) is 126 Å². The highest BCUT2D eigenvalue weighted by atomic mass is 79.9. The largest absolute Gasteiger partial charge is 0.495 e. The Balaban J connectivity index is 0.000000145. The summed E-state index contributed by atoms with van der Waals surface area (Å²) in [5.41, 5.74) is 5.44. The Morgan fingerprint density at radius 3 is 0.966 bits per heavy atom. The molecule has 6 aromatic carbocycles. The molecule has 624 valence electrons. The minimum absolute atomic E-state index is 0. The van der Waals surface area contributed by atoms with Gasteiger partial charge in [0.15, 0.2) is 16.8 Å². The van der Waals surface area contributed by atoms with Crippen LogP contribution in [-0.4, -0.2) is 229 Å². The maximum absolute atomic E-state index is 13.4. The van der Waals surface area contributed by atoms with Crippen LogP contribution in [-0.2, 0) is 33.6 Å². The molecule has 27 heteroatoms. The lowest BCUT2D eigenvalue weighted by Crippen LogP contribution is -2.54. The monoisotopic (exact) mass is 1850 g/mol. The fourth-order valence-corrected chi connectivity index (χ4v) is 22.1. The van der Waals surface area contributed by atoms with Gasteiger partial charge in [0.25, 0.3) is 0 Å². The van der Waals surface area contributed by atoms with Crippen molar-refractivity contribution in [3.63, 3.8) is 0 Å². The SMILES string of the molecule is CN(CCCl)CCCl.COc1cncc2c1[C@]1(O)[C@@H](CN)[C@H](CO)[C@@H](c3ccccc3)[C@]1(c1ccc(Br)cc1)O2.COc1cncc2c1[C@]1(O)[C@@H](CN3CCN(C)CC3)[C@H](CO)[C@@H](c3ccccc3)[C@]1(c1ccc(Br)cc1)O2.COc1cncc2c1[C@]1(O)[C@@H](CN3CCN(C)CC3)[C@H](CO)[C@@H](c3ccccc3)[C@]1(c1ccc(Br)cc1)O2.Cl.